The molecule has 4 saturated carbocycles. The Morgan fingerprint density at radius 1 is 1.10 bits per heavy atom. The number of rotatable bonds is 6. The number of carbonyl (C=O) groups is 1. The van der Waals surface area contributed by atoms with Gasteiger partial charge in [0.2, 0.25) is 5.91 Å². The van der Waals surface area contributed by atoms with Gasteiger partial charge in [-0.25, -0.2) is 0 Å². The van der Waals surface area contributed by atoms with Gasteiger partial charge in [0.25, 0.3) is 0 Å². The van der Waals surface area contributed by atoms with Crippen LogP contribution in [0.3, 0.4) is 0 Å². The second-order valence-electron chi connectivity index (χ2n) is 7.70. The lowest BCUT2D eigenvalue weighted by Crippen LogP contribution is -2.48. The first kappa shape index (κ1) is 14.4. The zero-order valence-corrected chi connectivity index (χ0v) is 12.8. The van der Waals surface area contributed by atoms with E-state index in [0.717, 1.165) is 37.1 Å². The smallest absolute Gasteiger partial charge is 0.223 e. The van der Waals surface area contributed by atoms with Gasteiger partial charge in [0, 0.05) is 19.5 Å². The molecule has 3 nitrogen and oxygen atoms in total. The Morgan fingerprint density at radius 2 is 1.65 bits per heavy atom. The number of amides is 1. The van der Waals surface area contributed by atoms with Crippen molar-refractivity contribution in [2.45, 2.75) is 58.3 Å². The van der Waals surface area contributed by atoms with Crippen molar-refractivity contribution in [1.29, 1.82) is 0 Å². The van der Waals surface area contributed by atoms with E-state index in [2.05, 4.69) is 6.92 Å². The third-order valence-corrected chi connectivity index (χ3v) is 5.91. The van der Waals surface area contributed by atoms with Crippen molar-refractivity contribution in [2.75, 3.05) is 19.7 Å². The Balaban J connectivity index is 1.65. The van der Waals surface area contributed by atoms with Crippen molar-refractivity contribution in [3.63, 3.8) is 0 Å². The summed E-state index contributed by atoms with van der Waals surface area (Å²) in [6.07, 6.45) is 9.91. The summed E-state index contributed by atoms with van der Waals surface area (Å²) in [4.78, 5) is 14.5. The van der Waals surface area contributed by atoms with Crippen LogP contribution in [0, 0.1) is 23.2 Å². The molecule has 4 rings (SSSR count). The Bertz CT molecular complexity index is 325. The molecule has 4 bridgehead atoms. The van der Waals surface area contributed by atoms with E-state index in [0.29, 0.717) is 17.9 Å². The van der Waals surface area contributed by atoms with Gasteiger partial charge in [0.15, 0.2) is 0 Å². The molecule has 0 radical (unpaired) electrons. The summed E-state index contributed by atoms with van der Waals surface area (Å²) in [7, 11) is 0. The fourth-order valence-electron chi connectivity index (χ4n) is 5.69. The highest BCUT2D eigenvalue weighted by Crippen LogP contribution is 2.61. The highest BCUT2D eigenvalue weighted by atomic mass is 16.3. The van der Waals surface area contributed by atoms with Crippen LogP contribution >= 0.6 is 0 Å². The maximum Gasteiger partial charge on any atom is 0.223 e. The minimum absolute atomic E-state index is 0.0899. The number of aliphatic hydroxyl groups excluding tert-OH is 1. The summed E-state index contributed by atoms with van der Waals surface area (Å²) in [6.45, 7) is 3.50. The highest BCUT2D eigenvalue weighted by molar-refractivity contribution is 5.77. The summed E-state index contributed by atoms with van der Waals surface area (Å²) in [5.74, 6) is 3.02. The van der Waals surface area contributed by atoms with E-state index in [9.17, 15) is 4.79 Å². The van der Waals surface area contributed by atoms with E-state index in [1.807, 2.05) is 4.90 Å². The number of aliphatic hydroxyl groups is 1. The first-order chi connectivity index (χ1) is 9.64. The van der Waals surface area contributed by atoms with E-state index in [4.69, 9.17) is 5.11 Å². The average molecular weight is 279 g/mol. The standard InChI is InChI=1S/C17H29NO2/c1-2-3-18(4-5-19)16(20)12-17-9-13-6-14(10-17)8-15(7-13)11-17/h13-15,19H,2-12H2,1H3. The Hall–Kier alpha value is -0.570. The first-order valence-corrected chi connectivity index (χ1v) is 8.53. The predicted octanol–water partition coefficient (Wildman–Crippen LogP) is 2.82. The topological polar surface area (TPSA) is 40.5 Å². The summed E-state index contributed by atoms with van der Waals surface area (Å²) in [5.41, 5.74) is 0.327. The summed E-state index contributed by atoms with van der Waals surface area (Å²) in [6, 6.07) is 0. The van der Waals surface area contributed by atoms with Gasteiger partial charge in [-0.3, -0.25) is 4.79 Å². The summed E-state index contributed by atoms with van der Waals surface area (Å²) in [5, 5.41) is 9.15. The van der Waals surface area contributed by atoms with Gasteiger partial charge in [0.1, 0.15) is 0 Å². The summed E-state index contributed by atoms with van der Waals surface area (Å²) >= 11 is 0. The van der Waals surface area contributed by atoms with E-state index >= 15 is 0 Å². The molecule has 0 atom stereocenters. The van der Waals surface area contributed by atoms with Crippen LogP contribution in [0.4, 0.5) is 0 Å². The van der Waals surface area contributed by atoms with Gasteiger partial charge in [-0.15, -0.1) is 0 Å². The third-order valence-electron chi connectivity index (χ3n) is 5.91. The van der Waals surface area contributed by atoms with Crippen LogP contribution in [0.25, 0.3) is 0 Å². The van der Waals surface area contributed by atoms with Gasteiger partial charge >= 0.3 is 0 Å². The first-order valence-electron chi connectivity index (χ1n) is 8.53. The summed E-state index contributed by atoms with van der Waals surface area (Å²) < 4.78 is 0. The molecular weight excluding hydrogens is 250 g/mol. The number of nitrogens with zero attached hydrogens (tertiary/aromatic N) is 1. The minimum Gasteiger partial charge on any atom is -0.395 e. The molecule has 0 saturated heterocycles. The van der Waals surface area contributed by atoms with Crippen molar-refractivity contribution in [2.24, 2.45) is 23.2 Å². The molecule has 0 aromatic heterocycles. The molecule has 0 spiro atoms. The molecule has 0 aromatic carbocycles. The lowest BCUT2D eigenvalue weighted by Gasteiger charge is -2.57. The second kappa shape index (κ2) is 5.67. The molecule has 4 fully saturated rings. The molecule has 0 unspecified atom stereocenters. The maximum absolute atomic E-state index is 12.6. The van der Waals surface area contributed by atoms with Gasteiger partial charge in [-0.1, -0.05) is 6.92 Å². The fourth-order valence-corrected chi connectivity index (χ4v) is 5.69. The molecule has 0 aliphatic heterocycles. The van der Waals surface area contributed by atoms with Gasteiger partial charge in [-0.05, 0) is 68.1 Å². The molecular formula is C17H29NO2. The van der Waals surface area contributed by atoms with E-state index in [1.165, 1.54) is 38.5 Å². The van der Waals surface area contributed by atoms with E-state index < -0.39 is 0 Å². The Kier molecular flexibility index (Phi) is 4.07. The second-order valence-corrected chi connectivity index (χ2v) is 7.70. The molecule has 3 heteroatoms. The fraction of sp³-hybridized carbons (Fsp3) is 0.941. The maximum atomic E-state index is 12.6. The van der Waals surface area contributed by atoms with Crippen molar-refractivity contribution in [3.05, 3.63) is 0 Å². The Labute approximate surface area is 122 Å². The van der Waals surface area contributed by atoms with Crippen LogP contribution in [0.15, 0.2) is 0 Å². The molecule has 4 aliphatic carbocycles. The van der Waals surface area contributed by atoms with Crippen LogP contribution in [-0.2, 0) is 4.79 Å². The number of hydrogen-bond acceptors (Lipinski definition) is 2. The quantitative estimate of drug-likeness (QED) is 0.812. The van der Waals surface area contributed by atoms with Crippen molar-refractivity contribution in [1.82, 2.24) is 4.90 Å². The highest BCUT2D eigenvalue weighted by Gasteiger charge is 2.51. The monoisotopic (exact) mass is 279 g/mol. The minimum atomic E-state index is 0.0899. The third kappa shape index (κ3) is 2.74. The lowest BCUT2D eigenvalue weighted by molar-refractivity contribution is -0.140. The van der Waals surface area contributed by atoms with Crippen molar-refractivity contribution < 1.29 is 9.90 Å². The van der Waals surface area contributed by atoms with Gasteiger partial charge in [-0.2, -0.15) is 0 Å². The molecule has 4 aliphatic rings. The van der Waals surface area contributed by atoms with E-state index in [-0.39, 0.29) is 6.61 Å². The van der Waals surface area contributed by atoms with Crippen molar-refractivity contribution in [3.8, 4) is 0 Å². The zero-order valence-electron chi connectivity index (χ0n) is 12.8. The van der Waals surface area contributed by atoms with Gasteiger partial charge < -0.3 is 10.0 Å². The molecule has 0 aromatic rings. The molecule has 1 amide bonds. The van der Waals surface area contributed by atoms with E-state index in [1.54, 1.807) is 0 Å². The van der Waals surface area contributed by atoms with Crippen LogP contribution in [0.2, 0.25) is 0 Å². The normalized spacial score (nSPS) is 38.2. The predicted molar refractivity (Wildman–Crippen MR) is 79.2 cm³/mol. The van der Waals surface area contributed by atoms with Crippen molar-refractivity contribution >= 4 is 5.91 Å². The van der Waals surface area contributed by atoms with Crippen LogP contribution in [0.5, 0.6) is 0 Å². The zero-order chi connectivity index (χ0) is 14.2. The van der Waals surface area contributed by atoms with Crippen LogP contribution < -0.4 is 0 Å². The van der Waals surface area contributed by atoms with Crippen LogP contribution in [0.1, 0.15) is 58.3 Å². The average Bonchev–Trinajstić information content (AvgIpc) is 2.36. The Morgan fingerprint density at radius 3 is 2.10 bits per heavy atom. The van der Waals surface area contributed by atoms with Crippen LogP contribution in [-0.4, -0.2) is 35.6 Å². The molecule has 114 valence electrons. The largest absolute Gasteiger partial charge is 0.395 e. The SMILES string of the molecule is CCCN(CCO)C(=O)CC12CC3CC(CC(C3)C1)C2. The molecule has 0 heterocycles. The van der Waals surface area contributed by atoms with Gasteiger partial charge in [0.05, 0.1) is 6.61 Å². The number of hydrogen-bond donors (Lipinski definition) is 1. The molecule has 1 N–H and O–H groups in total. The lowest BCUT2D eigenvalue weighted by atomic mass is 9.49. The number of carbonyl (C=O) groups excluding carboxylic acids is 1. The molecule has 20 heavy (non-hydrogen) atoms.